The molecule has 0 radical (unpaired) electrons. The third-order valence-electron chi connectivity index (χ3n) is 16.4. The molecule has 3 fully saturated rings. The van der Waals surface area contributed by atoms with Crippen LogP contribution >= 0.6 is 0 Å². The highest BCUT2D eigenvalue weighted by Gasteiger charge is 2.47. The van der Waals surface area contributed by atoms with Crippen molar-refractivity contribution in [3.8, 4) is 0 Å². The maximum atomic E-state index is 3.09. The lowest BCUT2D eigenvalue weighted by molar-refractivity contribution is -0.0536. The minimum atomic E-state index is 0.734. The van der Waals surface area contributed by atoms with Crippen molar-refractivity contribution >= 4 is 0 Å². The molecule has 6 unspecified atom stereocenters. The van der Waals surface area contributed by atoms with Gasteiger partial charge in [-0.15, -0.1) is 0 Å². The van der Waals surface area contributed by atoms with Crippen LogP contribution in [0.4, 0.5) is 0 Å². The van der Waals surface area contributed by atoms with Crippen LogP contribution in [0.25, 0.3) is 0 Å². The Labute approximate surface area is 360 Å². The monoisotopic (exact) mass is 798 g/mol. The topological polar surface area (TPSA) is 9.72 Å². The van der Waals surface area contributed by atoms with E-state index >= 15 is 0 Å². The van der Waals surface area contributed by atoms with E-state index in [1.807, 2.05) is 0 Å². The van der Waals surface area contributed by atoms with E-state index in [0.717, 1.165) is 95.4 Å². The van der Waals surface area contributed by atoms with E-state index in [-0.39, 0.29) is 0 Å². The molecular formula is C54H107N3. The van der Waals surface area contributed by atoms with Gasteiger partial charge in [0.1, 0.15) is 0 Å². The van der Waals surface area contributed by atoms with Gasteiger partial charge in [-0.05, 0) is 143 Å². The molecule has 0 spiro atoms. The zero-order chi connectivity index (χ0) is 42.2. The Morgan fingerprint density at radius 3 is 0.860 bits per heavy atom. The number of hydrogen-bond acceptors (Lipinski definition) is 3. The fourth-order valence-corrected chi connectivity index (χ4v) is 13.1. The second-order valence-corrected chi connectivity index (χ2v) is 22.8. The van der Waals surface area contributed by atoms with Crippen molar-refractivity contribution in [1.82, 2.24) is 14.7 Å². The first-order chi connectivity index (χ1) is 27.2. The summed E-state index contributed by atoms with van der Waals surface area (Å²) in [4.78, 5) is 9.22. The van der Waals surface area contributed by atoms with Crippen molar-refractivity contribution in [3.63, 3.8) is 0 Å². The predicted octanol–water partition coefficient (Wildman–Crippen LogP) is 15.4. The van der Waals surface area contributed by atoms with Crippen LogP contribution in [0.1, 0.15) is 232 Å². The van der Waals surface area contributed by atoms with Gasteiger partial charge < -0.3 is 0 Å². The summed E-state index contributed by atoms with van der Waals surface area (Å²) in [5, 5.41) is 0. The molecule has 3 heterocycles. The lowest BCUT2D eigenvalue weighted by Crippen LogP contribution is -2.57. The van der Waals surface area contributed by atoms with E-state index in [1.165, 1.54) is 148 Å². The molecule has 0 aromatic rings. The Hall–Kier alpha value is -0.120. The third-order valence-corrected chi connectivity index (χ3v) is 16.4. The lowest BCUT2D eigenvalue weighted by Gasteiger charge is -2.55. The molecule has 0 N–H and O–H groups in total. The first-order valence-electron chi connectivity index (χ1n) is 26.4. The van der Waals surface area contributed by atoms with Gasteiger partial charge in [-0.2, -0.15) is 0 Å². The van der Waals surface area contributed by atoms with Crippen LogP contribution in [0.15, 0.2) is 0 Å². The van der Waals surface area contributed by atoms with Crippen molar-refractivity contribution in [2.75, 3.05) is 19.6 Å². The van der Waals surface area contributed by atoms with Gasteiger partial charge in [0.2, 0.25) is 0 Å². The van der Waals surface area contributed by atoms with Gasteiger partial charge in [-0.25, -0.2) is 0 Å². The Kier molecular flexibility index (Phi) is 23.7. The van der Waals surface area contributed by atoms with Gasteiger partial charge >= 0.3 is 0 Å². The zero-order valence-electron chi connectivity index (χ0n) is 41.8. The van der Waals surface area contributed by atoms with Gasteiger partial charge in [0.05, 0.1) is 0 Å². The molecule has 3 saturated heterocycles. The Bertz CT molecular complexity index is 910. The largest absolute Gasteiger partial charge is 0.297 e. The number of nitrogens with zero attached hydrogens (tertiary/aromatic N) is 3. The first-order valence-corrected chi connectivity index (χ1v) is 26.4. The molecule has 3 aliphatic heterocycles. The minimum Gasteiger partial charge on any atom is -0.297 e. The Balaban J connectivity index is 1.99. The molecule has 3 heteroatoms. The van der Waals surface area contributed by atoms with Crippen LogP contribution in [0.2, 0.25) is 0 Å². The van der Waals surface area contributed by atoms with Gasteiger partial charge in [0, 0.05) is 36.3 Å². The predicted molar refractivity (Wildman–Crippen MR) is 255 cm³/mol. The maximum Gasteiger partial charge on any atom is 0.0124 e. The molecule has 6 atom stereocenters. The van der Waals surface area contributed by atoms with Crippen LogP contribution in [0, 0.1) is 59.2 Å². The second kappa shape index (κ2) is 26.4. The van der Waals surface area contributed by atoms with Crippen LogP contribution in [0.5, 0.6) is 0 Å². The maximum absolute atomic E-state index is 3.09. The van der Waals surface area contributed by atoms with Crippen LogP contribution in [-0.4, -0.2) is 70.6 Å². The fraction of sp³-hybridized carbons (Fsp3) is 1.00. The number of rotatable bonds is 26. The summed E-state index contributed by atoms with van der Waals surface area (Å²) in [6, 6.07) is 4.49. The van der Waals surface area contributed by atoms with Crippen molar-refractivity contribution in [3.05, 3.63) is 0 Å². The summed E-state index contributed by atoms with van der Waals surface area (Å²) in [6.45, 7) is 41.9. The summed E-state index contributed by atoms with van der Waals surface area (Å²) in [5.41, 5.74) is 0. The molecule has 338 valence electrons. The lowest BCUT2D eigenvalue weighted by atomic mass is 9.63. The van der Waals surface area contributed by atoms with Crippen LogP contribution in [-0.2, 0) is 0 Å². The minimum absolute atomic E-state index is 0.734. The molecule has 3 aliphatic rings. The Morgan fingerprint density at radius 1 is 0.351 bits per heavy atom. The summed E-state index contributed by atoms with van der Waals surface area (Å²) in [6.07, 6.45) is 28.3. The van der Waals surface area contributed by atoms with Gasteiger partial charge in [0.25, 0.3) is 0 Å². The van der Waals surface area contributed by atoms with Gasteiger partial charge in [0.15, 0.2) is 0 Å². The first kappa shape index (κ1) is 51.2. The van der Waals surface area contributed by atoms with E-state index in [0.29, 0.717) is 0 Å². The molecule has 0 amide bonds. The molecule has 0 aromatic carbocycles. The SMILES string of the molecule is CCCCCCN1C(C(C)C)CC(CCC(C2CC(C(C)C)N(CCCCCC)C(C(C)C)C2)C2CC(C(C)C)N(CCCCCC)C(C(C)C)C2)CC1C(C)C. The highest BCUT2D eigenvalue weighted by molar-refractivity contribution is 5.00. The molecular weight excluding hydrogens is 691 g/mol. The summed E-state index contributed by atoms with van der Waals surface area (Å²) < 4.78 is 0. The van der Waals surface area contributed by atoms with E-state index in [1.54, 1.807) is 0 Å². The summed E-state index contributed by atoms with van der Waals surface area (Å²) >= 11 is 0. The molecule has 0 saturated carbocycles. The van der Waals surface area contributed by atoms with Crippen molar-refractivity contribution in [2.45, 2.75) is 269 Å². The standard InChI is InChI=1S/C54H107N3/c1-16-19-22-25-30-55-49(39(4)5)33-45(34-50(55)40(6)7)28-29-48(46-35-51(41(8)9)56(31-26-23-20-17-2)52(36-46)42(10)11)47-37-53(43(12)13)57(32-27-24-21-18-3)54(38-47)44(14)15/h39-54H,16-38H2,1-15H3. The molecule has 57 heavy (non-hydrogen) atoms. The third kappa shape index (κ3) is 15.3. The van der Waals surface area contributed by atoms with E-state index < -0.39 is 0 Å². The molecule has 3 rings (SSSR count). The van der Waals surface area contributed by atoms with E-state index in [4.69, 9.17) is 0 Å². The number of likely N-dealkylation sites (tertiary alicyclic amines) is 3. The number of unbranched alkanes of at least 4 members (excludes halogenated alkanes) is 9. The normalized spacial score (nSPS) is 30.6. The van der Waals surface area contributed by atoms with Crippen LogP contribution < -0.4 is 0 Å². The highest BCUT2D eigenvalue weighted by atomic mass is 15.2. The summed E-state index contributed by atoms with van der Waals surface area (Å²) in [7, 11) is 0. The average molecular weight is 798 g/mol. The highest BCUT2D eigenvalue weighted by Crippen LogP contribution is 2.49. The Morgan fingerprint density at radius 2 is 0.614 bits per heavy atom. The number of hydrogen-bond donors (Lipinski definition) is 0. The van der Waals surface area contributed by atoms with Gasteiger partial charge in [-0.1, -0.05) is 168 Å². The fourth-order valence-electron chi connectivity index (χ4n) is 13.1. The van der Waals surface area contributed by atoms with Crippen molar-refractivity contribution in [1.29, 1.82) is 0 Å². The van der Waals surface area contributed by atoms with Gasteiger partial charge in [-0.3, -0.25) is 14.7 Å². The second-order valence-electron chi connectivity index (χ2n) is 22.8. The molecule has 0 aliphatic carbocycles. The average Bonchev–Trinajstić information content (AvgIpc) is 3.16. The molecule has 3 nitrogen and oxygen atoms in total. The molecule has 0 aromatic heterocycles. The van der Waals surface area contributed by atoms with Crippen molar-refractivity contribution < 1.29 is 0 Å². The zero-order valence-corrected chi connectivity index (χ0v) is 41.8. The van der Waals surface area contributed by atoms with E-state index in [9.17, 15) is 0 Å². The van der Waals surface area contributed by atoms with E-state index in [2.05, 4.69) is 119 Å². The quantitative estimate of drug-likeness (QED) is 0.0807. The smallest absolute Gasteiger partial charge is 0.0124 e. The summed E-state index contributed by atoms with van der Waals surface area (Å²) in [5.74, 6) is 7.94. The molecule has 0 bridgehead atoms. The van der Waals surface area contributed by atoms with Crippen molar-refractivity contribution in [2.24, 2.45) is 59.2 Å². The van der Waals surface area contributed by atoms with Crippen LogP contribution in [0.3, 0.4) is 0 Å². The number of piperidine rings is 3.